The van der Waals surface area contributed by atoms with E-state index in [1.165, 1.54) is 0 Å². The van der Waals surface area contributed by atoms with Crippen LogP contribution in [0, 0.1) is 18.8 Å². The third-order valence-electron chi connectivity index (χ3n) is 3.84. The Morgan fingerprint density at radius 2 is 2.29 bits per heavy atom. The van der Waals surface area contributed by atoms with E-state index in [9.17, 15) is 4.79 Å². The highest BCUT2D eigenvalue weighted by atomic mass is 16.5. The second kappa shape index (κ2) is 7.26. The van der Waals surface area contributed by atoms with Crippen LogP contribution in [-0.2, 0) is 4.74 Å². The van der Waals surface area contributed by atoms with Crippen LogP contribution < -0.4 is 5.32 Å². The van der Waals surface area contributed by atoms with Crippen LogP contribution in [0.15, 0.2) is 18.2 Å². The van der Waals surface area contributed by atoms with Crippen LogP contribution in [0.1, 0.15) is 40.7 Å². The SMILES string of the molecule is COC1CCC(NC(=O)c2ccc(C#CCO)c(C)c2)C1. The Morgan fingerprint density at radius 1 is 1.48 bits per heavy atom. The molecule has 0 aliphatic heterocycles. The van der Waals surface area contributed by atoms with Crippen molar-refractivity contribution in [2.24, 2.45) is 0 Å². The topological polar surface area (TPSA) is 58.6 Å². The molecule has 1 amide bonds. The van der Waals surface area contributed by atoms with Gasteiger partial charge < -0.3 is 15.2 Å². The molecule has 112 valence electrons. The van der Waals surface area contributed by atoms with E-state index in [0.29, 0.717) is 5.56 Å². The molecule has 0 bridgehead atoms. The van der Waals surface area contributed by atoms with Gasteiger partial charge in [-0.3, -0.25) is 4.79 Å². The molecule has 2 rings (SSSR count). The van der Waals surface area contributed by atoms with Crippen molar-refractivity contribution in [1.82, 2.24) is 5.32 Å². The number of hydrogen-bond donors (Lipinski definition) is 2. The van der Waals surface area contributed by atoms with Gasteiger partial charge in [-0.15, -0.1) is 0 Å². The zero-order valence-corrected chi connectivity index (χ0v) is 12.5. The van der Waals surface area contributed by atoms with Gasteiger partial charge in [0.2, 0.25) is 0 Å². The Bertz CT molecular complexity index is 571. The van der Waals surface area contributed by atoms with Crippen molar-refractivity contribution in [3.63, 3.8) is 0 Å². The number of benzene rings is 1. The molecule has 2 atom stereocenters. The molecule has 1 saturated carbocycles. The second-order valence-electron chi connectivity index (χ2n) is 5.33. The molecule has 1 fully saturated rings. The summed E-state index contributed by atoms with van der Waals surface area (Å²) in [4.78, 5) is 12.2. The molecule has 0 spiro atoms. The summed E-state index contributed by atoms with van der Waals surface area (Å²) in [5, 5.41) is 11.8. The Labute approximate surface area is 125 Å². The third-order valence-corrected chi connectivity index (χ3v) is 3.84. The van der Waals surface area contributed by atoms with E-state index in [1.807, 2.05) is 19.1 Å². The Kier molecular flexibility index (Phi) is 5.38. The van der Waals surface area contributed by atoms with Gasteiger partial charge >= 0.3 is 0 Å². The first kappa shape index (κ1) is 15.6. The first-order valence-corrected chi connectivity index (χ1v) is 7.18. The molecule has 1 aromatic carbocycles. The van der Waals surface area contributed by atoms with E-state index < -0.39 is 0 Å². The fourth-order valence-electron chi connectivity index (χ4n) is 2.63. The summed E-state index contributed by atoms with van der Waals surface area (Å²) in [6.07, 6.45) is 3.09. The molecule has 0 heterocycles. The molecule has 2 unspecified atom stereocenters. The molecule has 1 aliphatic carbocycles. The summed E-state index contributed by atoms with van der Waals surface area (Å²) in [6, 6.07) is 5.61. The van der Waals surface area contributed by atoms with Crippen LogP contribution in [0.2, 0.25) is 0 Å². The quantitative estimate of drug-likeness (QED) is 0.831. The van der Waals surface area contributed by atoms with Gasteiger partial charge in [-0.25, -0.2) is 0 Å². The van der Waals surface area contributed by atoms with E-state index in [0.717, 1.165) is 30.4 Å². The first-order valence-electron chi connectivity index (χ1n) is 7.18. The lowest BCUT2D eigenvalue weighted by atomic mass is 10.0. The van der Waals surface area contributed by atoms with Crippen molar-refractivity contribution in [2.75, 3.05) is 13.7 Å². The van der Waals surface area contributed by atoms with Gasteiger partial charge in [-0.05, 0) is 49.9 Å². The van der Waals surface area contributed by atoms with Crippen molar-refractivity contribution < 1.29 is 14.6 Å². The Morgan fingerprint density at radius 3 is 2.90 bits per heavy atom. The largest absolute Gasteiger partial charge is 0.384 e. The summed E-state index contributed by atoms with van der Waals surface area (Å²) in [7, 11) is 1.71. The van der Waals surface area contributed by atoms with Crippen molar-refractivity contribution in [3.8, 4) is 11.8 Å². The van der Waals surface area contributed by atoms with E-state index in [-0.39, 0.29) is 24.7 Å². The number of hydrogen-bond acceptors (Lipinski definition) is 3. The molecule has 2 N–H and O–H groups in total. The molecular formula is C17H21NO3. The van der Waals surface area contributed by atoms with Gasteiger partial charge in [0.25, 0.3) is 5.91 Å². The predicted octanol–water partition coefficient (Wildman–Crippen LogP) is 1.64. The standard InChI is InChI=1S/C17H21NO3/c1-12-10-14(6-5-13(12)4-3-9-19)17(20)18-15-7-8-16(11-15)21-2/h5-6,10,15-16,19H,7-9,11H2,1-2H3,(H,18,20). The lowest BCUT2D eigenvalue weighted by Gasteiger charge is -2.13. The molecule has 0 radical (unpaired) electrons. The first-order chi connectivity index (χ1) is 10.1. The number of methoxy groups -OCH3 is 1. The molecular weight excluding hydrogens is 266 g/mol. The van der Waals surface area contributed by atoms with Gasteiger partial charge in [0, 0.05) is 24.3 Å². The zero-order valence-electron chi connectivity index (χ0n) is 12.5. The smallest absolute Gasteiger partial charge is 0.251 e. The van der Waals surface area contributed by atoms with Gasteiger partial charge in [-0.1, -0.05) is 11.8 Å². The maximum absolute atomic E-state index is 12.2. The van der Waals surface area contributed by atoms with Crippen LogP contribution in [0.25, 0.3) is 0 Å². The third kappa shape index (κ3) is 4.07. The van der Waals surface area contributed by atoms with E-state index >= 15 is 0 Å². The molecule has 1 aromatic rings. The number of carbonyl (C=O) groups excluding carboxylic acids is 1. The Hall–Kier alpha value is -1.83. The minimum Gasteiger partial charge on any atom is -0.384 e. The van der Waals surface area contributed by atoms with Crippen LogP contribution >= 0.6 is 0 Å². The summed E-state index contributed by atoms with van der Waals surface area (Å²) in [5.74, 6) is 5.43. The molecule has 0 saturated heterocycles. The van der Waals surface area contributed by atoms with Crippen LogP contribution in [0.5, 0.6) is 0 Å². The molecule has 0 aromatic heterocycles. The lowest BCUT2D eigenvalue weighted by Crippen LogP contribution is -2.33. The summed E-state index contributed by atoms with van der Waals surface area (Å²) in [5.41, 5.74) is 2.41. The average molecular weight is 287 g/mol. The highest BCUT2D eigenvalue weighted by Gasteiger charge is 2.25. The second-order valence-corrected chi connectivity index (χ2v) is 5.33. The minimum absolute atomic E-state index is 0.0541. The van der Waals surface area contributed by atoms with Crippen molar-refractivity contribution >= 4 is 5.91 Å². The highest BCUT2D eigenvalue weighted by molar-refractivity contribution is 5.94. The van der Waals surface area contributed by atoms with Crippen LogP contribution in [-0.4, -0.2) is 36.9 Å². The van der Waals surface area contributed by atoms with Crippen molar-refractivity contribution in [3.05, 3.63) is 34.9 Å². The summed E-state index contributed by atoms with van der Waals surface area (Å²) in [6.45, 7) is 1.75. The fraction of sp³-hybridized carbons (Fsp3) is 0.471. The molecule has 4 heteroatoms. The molecule has 1 aliphatic rings. The van der Waals surface area contributed by atoms with E-state index in [1.54, 1.807) is 13.2 Å². The fourth-order valence-corrected chi connectivity index (χ4v) is 2.63. The van der Waals surface area contributed by atoms with Crippen LogP contribution in [0.4, 0.5) is 0 Å². The number of aliphatic hydroxyl groups is 1. The number of aliphatic hydroxyl groups excluding tert-OH is 1. The predicted molar refractivity (Wildman–Crippen MR) is 81.0 cm³/mol. The summed E-state index contributed by atoms with van der Waals surface area (Å²) >= 11 is 0. The Balaban J connectivity index is 2.01. The average Bonchev–Trinajstić information content (AvgIpc) is 2.93. The van der Waals surface area contributed by atoms with Gasteiger partial charge in [-0.2, -0.15) is 0 Å². The number of nitrogens with one attached hydrogen (secondary N) is 1. The number of carbonyl (C=O) groups is 1. The van der Waals surface area contributed by atoms with Gasteiger partial charge in [0.1, 0.15) is 6.61 Å². The highest BCUT2D eigenvalue weighted by Crippen LogP contribution is 2.22. The normalized spacial score (nSPS) is 20.7. The monoisotopic (exact) mass is 287 g/mol. The zero-order chi connectivity index (χ0) is 15.2. The van der Waals surface area contributed by atoms with Crippen molar-refractivity contribution in [2.45, 2.75) is 38.3 Å². The maximum Gasteiger partial charge on any atom is 0.251 e. The number of amides is 1. The maximum atomic E-state index is 12.2. The van der Waals surface area contributed by atoms with Gasteiger partial charge in [0.15, 0.2) is 0 Å². The number of rotatable bonds is 3. The minimum atomic E-state index is -0.163. The van der Waals surface area contributed by atoms with Crippen molar-refractivity contribution in [1.29, 1.82) is 0 Å². The molecule has 4 nitrogen and oxygen atoms in total. The van der Waals surface area contributed by atoms with E-state index in [4.69, 9.17) is 9.84 Å². The summed E-state index contributed by atoms with van der Waals surface area (Å²) < 4.78 is 5.31. The van der Waals surface area contributed by atoms with Gasteiger partial charge in [0.05, 0.1) is 6.10 Å². The van der Waals surface area contributed by atoms with E-state index in [2.05, 4.69) is 17.2 Å². The number of ether oxygens (including phenoxy) is 1. The lowest BCUT2D eigenvalue weighted by molar-refractivity contribution is 0.0915. The van der Waals surface area contributed by atoms with Crippen LogP contribution in [0.3, 0.4) is 0 Å². The molecule has 21 heavy (non-hydrogen) atoms. The number of aryl methyl sites for hydroxylation is 1.